The first-order valence-corrected chi connectivity index (χ1v) is 5.19. The van der Waals surface area contributed by atoms with Crippen LogP contribution in [0.2, 0.25) is 0 Å². The van der Waals surface area contributed by atoms with Crippen molar-refractivity contribution in [3.63, 3.8) is 0 Å². The van der Waals surface area contributed by atoms with Gasteiger partial charge < -0.3 is 0 Å². The minimum atomic E-state index is 0. The molecule has 0 atom stereocenters. The normalized spacial score (nSPS) is 10.4. The Hall–Kier alpha value is 0. The van der Waals surface area contributed by atoms with E-state index in [1.54, 1.807) is 0 Å². The zero-order valence-corrected chi connectivity index (χ0v) is 8.23. The van der Waals surface area contributed by atoms with Crippen molar-refractivity contribution in [2.24, 2.45) is 0 Å². The largest absolute Gasteiger partial charge is 1.00 e. The van der Waals surface area contributed by atoms with Crippen LogP contribution in [-0.2, 0) is 0 Å². The Labute approximate surface area is 73.9 Å². The van der Waals surface area contributed by atoms with E-state index in [1.807, 2.05) is 0 Å². The second-order valence-corrected chi connectivity index (χ2v) is 3.32. The van der Waals surface area contributed by atoms with Gasteiger partial charge in [-0.25, -0.2) is 0 Å². The molecule has 1 radical (unpaired) electrons. The SMILES string of the molecule is C[CH]CCCCCCCCC.[H+]. The smallest absolute Gasteiger partial charge is 0.0654 e. The van der Waals surface area contributed by atoms with E-state index in [9.17, 15) is 0 Å². The Morgan fingerprint density at radius 2 is 1.45 bits per heavy atom. The molecule has 0 spiro atoms. The second kappa shape index (κ2) is 10.0. The molecular weight excluding hydrogens is 132 g/mol. The van der Waals surface area contributed by atoms with Crippen LogP contribution in [0.25, 0.3) is 0 Å². The van der Waals surface area contributed by atoms with Gasteiger partial charge in [-0.1, -0.05) is 65.2 Å². The molecule has 0 aromatic carbocycles. The highest BCUT2D eigenvalue weighted by atomic mass is 13.9. The molecule has 0 aliphatic carbocycles. The Morgan fingerprint density at radius 3 is 2.00 bits per heavy atom. The minimum absolute atomic E-state index is 0. The van der Waals surface area contributed by atoms with Gasteiger partial charge in [0.1, 0.15) is 0 Å². The van der Waals surface area contributed by atoms with Gasteiger partial charge in [-0.2, -0.15) is 0 Å². The van der Waals surface area contributed by atoms with Crippen LogP contribution < -0.4 is 0 Å². The zero-order chi connectivity index (χ0) is 8.36. The summed E-state index contributed by atoms with van der Waals surface area (Å²) in [5, 5.41) is 0. The molecule has 0 aliphatic rings. The number of hydrogen-bond donors (Lipinski definition) is 0. The summed E-state index contributed by atoms with van der Waals surface area (Å²) in [4.78, 5) is 0. The summed E-state index contributed by atoms with van der Waals surface area (Å²) in [5.41, 5.74) is 0. The van der Waals surface area contributed by atoms with Crippen LogP contribution in [0.3, 0.4) is 0 Å². The van der Waals surface area contributed by atoms with Crippen molar-refractivity contribution in [3.8, 4) is 0 Å². The molecule has 0 fully saturated rings. The van der Waals surface area contributed by atoms with Gasteiger partial charge in [0.05, 0.1) is 0 Å². The fourth-order valence-electron chi connectivity index (χ4n) is 1.31. The highest BCUT2D eigenvalue weighted by Gasteiger charge is 1.89. The first kappa shape index (κ1) is 11.0. The van der Waals surface area contributed by atoms with Crippen LogP contribution in [0.4, 0.5) is 0 Å². The third-order valence-corrected chi connectivity index (χ3v) is 2.10. The van der Waals surface area contributed by atoms with Crippen molar-refractivity contribution in [1.29, 1.82) is 0 Å². The van der Waals surface area contributed by atoms with Crippen molar-refractivity contribution in [2.75, 3.05) is 0 Å². The monoisotopic (exact) mass is 156 g/mol. The van der Waals surface area contributed by atoms with E-state index in [1.165, 1.54) is 51.4 Å². The summed E-state index contributed by atoms with van der Waals surface area (Å²) in [7, 11) is 0. The first-order valence-electron chi connectivity index (χ1n) is 5.19. The molecule has 0 heterocycles. The van der Waals surface area contributed by atoms with Crippen molar-refractivity contribution in [1.82, 2.24) is 0 Å². The lowest BCUT2D eigenvalue weighted by Gasteiger charge is -1.98. The molecule has 0 rings (SSSR count). The molecule has 0 nitrogen and oxygen atoms in total. The molecule has 0 saturated carbocycles. The van der Waals surface area contributed by atoms with Gasteiger partial charge in [0.2, 0.25) is 0 Å². The summed E-state index contributed by atoms with van der Waals surface area (Å²) in [6.45, 7) is 4.42. The van der Waals surface area contributed by atoms with E-state index in [0.717, 1.165) is 0 Å². The maximum absolute atomic E-state index is 2.27. The maximum Gasteiger partial charge on any atom is 1.00 e. The molecule has 0 bridgehead atoms. The highest BCUT2D eigenvalue weighted by Crippen LogP contribution is 2.08. The van der Waals surface area contributed by atoms with Gasteiger partial charge in [0.15, 0.2) is 0 Å². The fraction of sp³-hybridized carbons (Fsp3) is 0.909. The third kappa shape index (κ3) is 10.0. The predicted molar refractivity (Wildman–Crippen MR) is 53.7 cm³/mol. The predicted octanol–water partition coefficient (Wildman–Crippen LogP) is 4.46. The first-order chi connectivity index (χ1) is 5.41. The zero-order valence-electron chi connectivity index (χ0n) is 9.23. The van der Waals surface area contributed by atoms with Gasteiger partial charge in [-0.05, 0) is 6.42 Å². The lowest BCUT2D eigenvalue weighted by atomic mass is 10.1. The number of hydrogen-bond acceptors (Lipinski definition) is 0. The van der Waals surface area contributed by atoms with Crippen molar-refractivity contribution in [3.05, 3.63) is 6.42 Å². The summed E-state index contributed by atoms with van der Waals surface area (Å²) in [6, 6.07) is 0. The molecule has 0 aliphatic heterocycles. The van der Waals surface area contributed by atoms with Crippen LogP contribution in [0.15, 0.2) is 0 Å². The average molecular weight is 156 g/mol. The van der Waals surface area contributed by atoms with Crippen LogP contribution in [0.5, 0.6) is 0 Å². The van der Waals surface area contributed by atoms with E-state index in [0.29, 0.717) is 0 Å². The molecule has 0 amide bonds. The van der Waals surface area contributed by atoms with E-state index in [-0.39, 0.29) is 1.43 Å². The minimum Gasteiger partial charge on any atom is -0.0654 e. The van der Waals surface area contributed by atoms with Crippen molar-refractivity contribution < 1.29 is 1.43 Å². The van der Waals surface area contributed by atoms with Crippen LogP contribution >= 0.6 is 0 Å². The standard InChI is InChI=1S/C11H23/c1-3-5-7-9-11-10-8-6-4-2/h3H,4-11H2,1-2H3/p+1. The van der Waals surface area contributed by atoms with Crippen molar-refractivity contribution in [2.45, 2.75) is 65.2 Å². The molecule has 0 aromatic rings. The van der Waals surface area contributed by atoms with E-state index < -0.39 is 0 Å². The molecular formula is C11H24+. The lowest BCUT2D eigenvalue weighted by molar-refractivity contribution is 0.588. The van der Waals surface area contributed by atoms with Crippen molar-refractivity contribution >= 4 is 0 Å². The van der Waals surface area contributed by atoms with Gasteiger partial charge in [-0.15, -0.1) is 0 Å². The molecule has 0 unspecified atom stereocenters. The molecule has 11 heavy (non-hydrogen) atoms. The van der Waals surface area contributed by atoms with Crippen LogP contribution in [0.1, 0.15) is 66.6 Å². The fourth-order valence-corrected chi connectivity index (χ4v) is 1.31. The van der Waals surface area contributed by atoms with E-state index >= 15 is 0 Å². The lowest BCUT2D eigenvalue weighted by Crippen LogP contribution is -1.79. The van der Waals surface area contributed by atoms with Gasteiger partial charge >= 0.3 is 1.43 Å². The van der Waals surface area contributed by atoms with Gasteiger partial charge in [-0.3, -0.25) is 0 Å². The quantitative estimate of drug-likeness (QED) is 0.455. The van der Waals surface area contributed by atoms with E-state index in [2.05, 4.69) is 20.3 Å². The number of unbranched alkanes of at least 4 members (excludes halogenated alkanes) is 8. The van der Waals surface area contributed by atoms with Crippen LogP contribution in [0, 0.1) is 6.42 Å². The molecule has 0 N–H and O–H groups in total. The summed E-state index contributed by atoms with van der Waals surface area (Å²) >= 11 is 0. The summed E-state index contributed by atoms with van der Waals surface area (Å²) in [5.74, 6) is 0. The third-order valence-electron chi connectivity index (χ3n) is 2.10. The summed E-state index contributed by atoms with van der Waals surface area (Å²) in [6.07, 6.45) is 13.6. The number of rotatable bonds is 8. The Bertz CT molecular complexity index is 54.0. The van der Waals surface area contributed by atoms with Crippen LogP contribution in [-0.4, -0.2) is 0 Å². The molecule has 0 heteroatoms. The molecule has 67 valence electrons. The summed E-state index contributed by atoms with van der Waals surface area (Å²) < 4.78 is 0. The Kier molecular flexibility index (Phi) is 10.0. The average Bonchev–Trinajstić information content (AvgIpc) is 2.03. The molecule has 0 aromatic heterocycles. The Morgan fingerprint density at radius 1 is 0.909 bits per heavy atom. The van der Waals surface area contributed by atoms with Gasteiger partial charge in [0, 0.05) is 0 Å². The molecule has 0 saturated heterocycles. The Balaban J connectivity index is 0. The highest BCUT2D eigenvalue weighted by molar-refractivity contribution is 4.55. The second-order valence-electron chi connectivity index (χ2n) is 3.32. The van der Waals surface area contributed by atoms with E-state index in [4.69, 9.17) is 0 Å². The topological polar surface area (TPSA) is 0 Å². The van der Waals surface area contributed by atoms with Gasteiger partial charge in [0.25, 0.3) is 0 Å². The maximum atomic E-state index is 2.27.